The van der Waals surface area contributed by atoms with Crippen molar-refractivity contribution >= 4 is 16.0 Å². The van der Waals surface area contributed by atoms with Gasteiger partial charge in [-0.05, 0) is 31.0 Å². The Morgan fingerprint density at radius 3 is 2.75 bits per heavy atom. The number of sulfonamides is 1. The van der Waals surface area contributed by atoms with Gasteiger partial charge in [0.1, 0.15) is 10.7 Å². The van der Waals surface area contributed by atoms with Crippen LogP contribution in [0.5, 0.6) is 0 Å². The van der Waals surface area contributed by atoms with Gasteiger partial charge in [0.05, 0.1) is 5.97 Å². The van der Waals surface area contributed by atoms with Crippen molar-refractivity contribution in [3.05, 3.63) is 29.6 Å². The van der Waals surface area contributed by atoms with E-state index in [9.17, 15) is 22.7 Å². The summed E-state index contributed by atoms with van der Waals surface area (Å²) in [6, 6.07) is 2.45. The Kier molecular flexibility index (Phi) is 6.05. The van der Waals surface area contributed by atoms with Gasteiger partial charge in [0.15, 0.2) is 0 Å². The molecule has 20 heavy (non-hydrogen) atoms. The number of rotatable bonds is 8. The maximum atomic E-state index is 13.5. The lowest BCUT2D eigenvalue weighted by atomic mass is 10.2. The number of carboxylic acids is 1. The van der Waals surface area contributed by atoms with Gasteiger partial charge in [-0.3, -0.25) is 0 Å². The van der Waals surface area contributed by atoms with Gasteiger partial charge in [-0.1, -0.05) is 6.07 Å². The molecule has 0 amide bonds. The number of nitrogens with one attached hydrogen (secondary N) is 1. The summed E-state index contributed by atoms with van der Waals surface area (Å²) in [6.45, 7) is 2.78. The van der Waals surface area contributed by atoms with Gasteiger partial charge in [0.2, 0.25) is 10.0 Å². The molecule has 0 bridgehead atoms. The quantitative estimate of drug-likeness (QED) is 0.676. The fourth-order valence-corrected chi connectivity index (χ4v) is 2.61. The number of halogens is 1. The summed E-state index contributed by atoms with van der Waals surface area (Å²) in [5.74, 6) is -2.59. The van der Waals surface area contributed by atoms with Crippen LogP contribution in [0.4, 0.5) is 4.39 Å². The Bertz CT molecular complexity index is 573. The van der Waals surface area contributed by atoms with Gasteiger partial charge in [-0.25, -0.2) is 17.5 Å². The van der Waals surface area contributed by atoms with Crippen LogP contribution in [0, 0.1) is 5.82 Å². The lowest BCUT2D eigenvalue weighted by Gasteiger charge is -2.10. The van der Waals surface area contributed by atoms with Crippen LogP contribution in [0.3, 0.4) is 0 Å². The highest BCUT2D eigenvalue weighted by Gasteiger charge is 2.19. The van der Waals surface area contributed by atoms with Crippen molar-refractivity contribution < 1.29 is 27.4 Å². The summed E-state index contributed by atoms with van der Waals surface area (Å²) < 4.78 is 44.4. The molecule has 1 rings (SSSR count). The second-order valence-corrected chi connectivity index (χ2v) is 5.62. The predicted molar refractivity (Wildman–Crippen MR) is 67.0 cm³/mol. The molecule has 0 aromatic heterocycles. The van der Waals surface area contributed by atoms with E-state index in [2.05, 4.69) is 4.72 Å². The number of hydrogen-bond acceptors (Lipinski definition) is 5. The number of benzene rings is 1. The van der Waals surface area contributed by atoms with Gasteiger partial charge in [0, 0.05) is 19.8 Å². The van der Waals surface area contributed by atoms with Crippen LogP contribution in [0.25, 0.3) is 0 Å². The molecule has 0 saturated heterocycles. The topological polar surface area (TPSA) is 95.5 Å². The maximum absolute atomic E-state index is 13.5. The molecule has 8 heteroatoms. The Morgan fingerprint density at radius 1 is 1.45 bits per heavy atom. The highest BCUT2D eigenvalue weighted by Crippen LogP contribution is 2.16. The van der Waals surface area contributed by atoms with Crippen LogP contribution < -0.4 is 9.83 Å². The molecule has 0 saturated carbocycles. The second kappa shape index (κ2) is 7.32. The van der Waals surface area contributed by atoms with Crippen LogP contribution in [0.1, 0.15) is 23.7 Å². The molecule has 0 atom stereocenters. The molecule has 1 aromatic carbocycles. The summed E-state index contributed by atoms with van der Waals surface area (Å²) in [5, 5.41) is 10.7. The number of carbonyl (C=O) groups excluding carboxylic acids is 1. The van der Waals surface area contributed by atoms with Crippen LogP contribution >= 0.6 is 0 Å². The van der Waals surface area contributed by atoms with Gasteiger partial charge in [-0.2, -0.15) is 0 Å². The number of ether oxygens (including phenoxy) is 1. The first-order chi connectivity index (χ1) is 9.38. The summed E-state index contributed by atoms with van der Waals surface area (Å²) in [7, 11) is -4.11. The molecule has 112 valence electrons. The van der Waals surface area contributed by atoms with Crippen molar-refractivity contribution in [3.63, 3.8) is 0 Å². The third-order valence-corrected chi connectivity index (χ3v) is 3.89. The van der Waals surface area contributed by atoms with E-state index in [1.807, 2.05) is 6.92 Å². The monoisotopic (exact) mass is 304 g/mol. The molecule has 0 radical (unpaired) electrons. The molecule has 1 N–H and O–H groups in total. The van der Waals surface area contributed by atoms with Gasteiger partial charge in [0.25, 0.3) is 0 Å². The highest BCUT2D eigenvalue weighted by molar-refractivity contribution is 7.89. The van der Waals surface area contributed by atoms with Crippen LogP contribution in [-0.4, -0.2) is 34.1 Å². The predicted octanol–water partition coefficient (Wildman–Crippen LogP) is -0.106. The molecule has 0 heterocycles. The summed E-state index contributed by atoms with van der Waals surface area (Å²) in [5.41, 5.74) is -0.402. The number of aromatic carboxylic acids is 1. The molecular formula is C12H15FNO5S-. The first-order valence-corrected chi connectivity index (χ1v) is 7.45. The summed E-state index contributed by atoms with van der Waals surface area (Å²) in [4.78, 5) is 9.95. The first kappa shape index (κ1) is 16.5. The first-order valence-electron chi connectivity index (χ1n) is 5.96. The number of hydrogen-bond donors (Lipinski definition) is 1. The van der Waals surface area contributed by atoms with Gasteiger partial charge in [-0.15, -0.1) is 0 Å². The van der Waals surface area contributed by atoms with Crippen LogP contribution in [0.2, 0.25) is 0 Å². The Balaban J connectivity index is 2.81. The van der Waals surface area contributed by atoms with E-state index in [0.29, 0.717) is 19.6 Å². The van der Waals surface area contributed by atoms with Crippen molar-refractivity contribution in [1.29, 1.82) is 0 Å². The average Bonchev–Trinajstić information content (AvgIpc) is 2.38. The molecule has 0 spiro atoms. The Morgan fingerprint density at radius 2 is 2.15 bits per heavy atom. The lowest BCUT2D eigenvalue weighted by Crippen LogP contribution is -2.28. The maximum Gasteiger partial charge on any atom is 0.243 e. The van der Waals surface area contributed by atoms with E-state index in [-0.39, 0.29) is 6.54 Å². The molecule has 0 aliphatic rings. The standard InChI is InChI=1S/C12H16FNO5S/c1-2-19-7-3-6-14-20(17,18)11-8-9(12(15)16)4-5-10(11)13/h4-5,8,14H,2-3,6-7H2,1H3,(H,15,16)/p-1. The fourth-order valence-electron chi connectivity index (χ4n) is 1.44. The number of carbonyl (C=O) groups is 1. The number of carboxylic acid groups (broad SMARTS) is 1. The van der Waals surface area contributed by atoms with Gasteiger partial charge < -0.3 is 14.6 Å². The zero-order valence-electron chi connectivity index (χ0n) is 10.9. The van der Waals surface area contributed by atoms with E-state index >= 15 is 0 Å². The van der Waals surface area contributed by atoms with E-state index in [0.717, 1.165) is 18.2 Å². The molecule has 0 unspecified atom stereocenters. The third kappa shape index (κ3) is 4.55. The Labute approximate surface area is 116 Å². The van der Waals surface area contributed by atoms with E-state index < -0.39 is 32.3 Å². The average molecular weight is 304 g/mol. The zero-order chi connectivity index (χ0) is 15.2. The largest absolute Gasteiger partial charge is 0.545 e. The van der Waals surface area contributed by atoms with E-state index in [1.165, 1.54) is 0 Å². The molecule has 6 nitrogen and oxygen atoms in total. The molecule has 1 aromatic rings. The van der Waals surface area contributed by atoms with Crippen molar-refractivity contribution in [2.75, 3.05) is 19.8 Å². The minimum Gasteiger partial charge on any atom is -0.545 e. The lowest BCUT2D eigenvalue weighted by molar-refractivity contribution is -0.255. The van der Waals surface area contributed by atoms with Crippen LogP contribution in [0.15, 0.2) is 23.1 Å². The van der Waals surface area contributed by atoms with E-state index in [1.54, 1.807) is 0 Å². The molecule has 0 aliphatic heterocycles. The molecule has 0 aliphatic carbocycles. The van der Waals surface area contributed by atoms with Crippen molar-refractivity contribution in [2.24, 2.45) is 0 Å². The fraction of sp³-hybridized carbons (Fsp3) is 0.417. The highest BCUT2D eigenvalue weighted by atomic mass is 32.2. The van der Waals surface area contributed by atoms with Crippen molar-refractivity contribution in [3.8, 4) is 0 Å². The minimum absolute atomic E-state index is 0.0668. The second-order valence-electron chi connectivity index (χ2n) is 3.88. The smallest absolute Gasteiger partial charge is 0.243 e. The van der Waals surface area contributed by atoms with Crippen molar-refractivity contribution in [2.45, 2.75) is 18.2 Å². The van der Waals surface area contributed by atoms with Crippen molar-refractivity contribution in [1.82, 2.24) is 4.72 Å². The third-order valence-electron chi connectivity index (χ3n) is 2.42. The minimum atomic E-state index is -4.11. The normalized spacial score (nSPS) is 11.5. The molecule has 0 fully saturated rings. The van der Waals surface area contributed by atoms with Crippen LogP contribution in [-0.2, 0) is 14.8 Å². The van der Waals surface area contributed by atoms with Gasteiger partial charge >= 0.3 is 0 Å². The summed E-state index contributed by atoms with van der Waals surface area (Å²) >= 11 is 0. The zero-order valence-corrected chi connectivity index (χ0v) is 11.7. The SMILES string of the molecule is CCOCCCNS(=O)(=O)c1cc(C(=O)[O-])ccc1F. The molecular weight excluding hydrogens is 289 g/mol. The Hall–Kier alpha value is -1.51. The summed E-state index contributed by atoms with van der Waals surface area (Å²) in [6.07, 6.45) is 0.425. The van der Waals surface area contributed by atoms with E-state index in [4.69, 9.17) is 4.74 Å².